The fourth-order valence-corrected chi connectivity index (χ4v) is 2.69. The topological polar surface area (TPSA) is 72.2 Å². The van der Waals surface area contributed by atoms with E-state index in [9.17, 15) is 14.9 Å². The number of nitrogens with zero attached hydrogens (tertiary/aromatic N) is 1. The van der Waals surface area contributed by atoms with Crippen molar-refractivity contribution in [1.82, 2.24) is 5.32 Å². The van der Waals surface area contributed by atoms with Gasteiger partial charge in [0, 0.05) is 12.6 Å². The number of nitro groups is 1. The summed E-state index contributed by atoms with van der Waals surface area (Å²) in [7, 11) is 0. The number of hydrogen-bond acceptors (Lipinski definition) is 4. The van der Waals surface area contributed by atoms with Crippen molar-refractivity contribution in [2.75, 3.05) is 11.0 Å². The largest absolute Gasteiger partial charge is 0.351 e. The van der Waals surface area contributed by atoms with Crippen LogP contribution in [-0.4, -0.2) is 21.8 Å². The van der Waals surface area contributed by atoms with Crippen LogP contribution in [0.2, 0.25) is 0 Å². The van der Waals surface area contributed by atoms with Gasteiger partial charge in [-0.15, -0.1) is 0 Å². The van der Waals surface area contributed by atoms with E-state index in [4.69, 9.17) is 0 Å². The number of hydrogen-bond donors (Lipinski definition) is 1. The Balaban J connectivity index is 2.25. The third-order valence-electron chi connectivity index (χ3n) is 2.34. The molecule has 0 bridgehead atoms. The summed E-state index contributed by atoms with van der Waals surface area (Å²) in [6, 6.07) is 2.86. The average Bonchev–Trinajstić information content (AvgIpc) is 2.83. The Bertz CT molecular complexity index is 409. The molecule has 1 N–H and O–H groups in total. The maximum atomic E-state index is 11.6. The zero-order valence-electron chi connectivity index (χ0n) is 9.86. The molecule has 7 heteroatoms. The third-order valence-corrected chi connectivity index (χ3v) is 4.14. The van der Waals surface area contributed by atoms with E-state index in [1.165, 1.54) is 29.4 Å². The van der Waals surface area contributed by atoms with Crippen molar-refractivity contribution in [3.63, 3.8) is 0 Å². The molecule has 0 aromatic carbocycles. The summed E-state index contributed by atoms with van der Waals surface area (Å²) in [5.41, 5.74) is 0. The Morgan fingerprint density at radius 3 is 2.67 bits per heavy atom. The molecule has 0 aliphatic heterocycles. The van der Waals surface area contributed by atoms with Crippen LogP contribution in [0.5, 0.6) is 0 Å². The molecule has 1 heterocycles. The summed E-state index contributed by atoms with van der Waals surface area (Å²) in [4.78, 5) is 22.0. The lowest BCUT2D eigenvalue weighted by molar-refractivity contribution is -0.380. The second kappa shape index (κ2) is 8.41. The lowest BCUT2D eigenvalue weighted by Gasteiger charge is -2.02. The number of alkyl halides is 1. The van der Waals surface area contributed by atoms with Crippen molar-refractivity contribution in [3.05, 3.63) is 27.1 Å². The SMILES string of the molecule is O=C(NCCCCCCI)c1ccc([N+](=O)[O-])s1. The quantitative estimate of drug-likeness (QED) is 0.246. The van der Waals surface area contributed by atoms with Crippen LogP contribution in [0.4, 0.5) is 5.00 Å². The summed E-state index contributed by atoms with van der Waals surface area (Å²) >= 11 is 3.26. The fraction of sp³-hybridized carbons (Fsp3) is 0.545. The summed E-state index contributed by atoms with van der Waals surface area (Å²) < 4.78 is 1.17. The van der Waals surface area contributed by atoms with Gasteiger partial charge >= 0.3 is 5.00 Å². The molecule has 0 aliphatic rings. The zero-order chi connectivity index (χ0) is 13.4. The highest BCUT2D eigenvalue weighted by Crippen LogP contribution is 2.23. The minimum atomic E-state index is -0.481. The van der Waals surface area contributed by atoms with Gasteiger partial charge < -0.3 is 5.32 Å². The van der Waals surface area contributed by atoms with Crippen LogP contribution in [0, 0.1) is 10.1 Å². The van der Waals surface area contributed by atoms with Gasteiger partial charge in [0.1, 0.15) is 0 Å². The fourth-order valence-electron chi connectivity index (χ4n) is 1.41. The molecular formula is C11H15IN2O3S. The van der Waals surface area contributed by atoms with Gasteiger partial charge in [0.15, 0.2) is 0 Å². The molecule has 1 aromatic rings. The molecule has 0 saturated carbocycles. The lowest BCUT2D eigenvalue weighted by atomic mass is 10.2. The van der Waals surface area contributed by atoms with Crippen LogP contribution in [0.15, 0.2) is 12.1 Å². The van der Waals surface area contributed by atoms with E-state index in [0.29, 0.717) is 11.4 Å². The van der Waals surface area contributed by atoms with Crippen molar-refractivity contribution in [2.24, 2.45) is 0 Å². The number of carbonyl (C=O) groups is 1. The lowest BCUT2D eigenvalue weighted by Crippen LogP contribution is -2.23. The smallest absolute Gasteiger partial charge is 0.324 e. The van der Waals surface area contributed by atoms with Crippen molar-refractivity contribution in [3.8, 4) is 0 Å². The van der Waals surface area contributed by atoms with E-state index in [1.807, 2.05) is 0 Å². The summed E-state index contributed by atoms with van der Waals surface area (Å²) in [5, 5.41) is 13.3. The minimum absolute atomic E-state index is 0.00203. The number of thiophene rings is 1. The Kier molecular flexibility index (Phi) is 7.18. The van der Waals surface area contributed by atoms with E-state index in [0.717, 1.165) is 24.2 Å². The Labute approximate surface area is 123 Å². The molecule has 0 fully saturated rings. The van der Waals surface area contributed by atoms with Gasteiger partial charge in [-0.3, -0.25) is 14.9 Å². The number of rotatable bonds is 8. The van der Waals surface area contributed by atoms with Crippen LogP contribution in [-0.2, 0) is 0 Å². The second-order valence-electron chi connectivity index (χ2n) is 3.75. The molecule has 1 amide bonds. The van der Waals surface area contributed by atoms with Crippen molar-refractivity contribution in [2.45, 2.75) is 25.7 Å². The van der Waals surface area contributed by atoms with Crippen molar-refractivity contribution in [1.29, 1.82) is 0 Å². The van der Waals surface area contributed by atoms with Gasteiger partial charge in [-0.2, -0.15) is 0 Å². The Morgan fingerprint density at radius 2 is 2.06 bits per heavy atom. The standard InChI is InChI=1S/C11H15IN2O3S/c12-7-3-1-2-4-8-13-11(15)9-5-6-10(18-9)14(16)17/h5-6H,1-4,7-8H2,(H,13,15). The zero-order valence-corrected chi connectivity index (χ0v) is 12.8. The molecule has 0 saturated heterocycles. The van der Waals surface area contributed by atoms with Gasteiger partial charge in [0.2, 0.25) is 0 Å². The molecule has 0 unspecified atom stereocenters. The van der Waals surface area contributed by atoms with Crippen molar-refractivity contribution >= 4 is 44.8 Å². The maximum absolute atomic E-state index is 11.6. The highest BCUT2D eigenvalue weighted by molar-refractivity contribution is 14.1. The molecule has 18 heavy (non-hydrogen) atoms. The van der Waals surface area contributed by atoms with E-state index in [2.05, 4.69) is 27.9 Å². The molecule has 0 spiro atoms. The molecule has 0 aliphatic carbocycles. The molecule has 1 rings (SSSR count). The highest BCUT2D eigenvalue weighted by atomic mass is 127. The first-order chi connectivity index (χ1) is 8.65. The number of nitrogens with one attached hydrogen (secondary N) is 1. The number of amides is 1. The van der Waals surface area contributed by atoms with E-state index in [-0.39, 0.29) is 10.9 Å². The minimum Gasteiger partial charge on any atom is -0.351 e. The van der Waals surface area contributed by atoms with Crippen LogP contribution in [0.25, 0.3) is 0 Å². The molecular weight excluding hydrogens is 367 g/mol. The first kappa shape index (κ1) is 15.4. The van der Waals surface area contributed by atoms with Gasteiger partial charge in [-0.25, -0.2) is 0 Å². The summed E-state index contributed by atoms with van der Waals surface area (Å²) in [6.07, 6.45) is 4.46. The molecule has 0 radical (unpaired) electrons. The first-order valence-electron chi connectivity index (χ1n) is 5.73. The third kappa shape index (κ3) is 5.30. The molecule has 0 atom stereocenters. The van der Waals surface area contributed by atoms with E-state index in [1.54, 1.807) is 0 Å². The monoisotopic (exact) mass is 382 g/mol. The van der Waals surface area contributed by atoms with Gasteiger partial charge in [-0.1, -0.05) is 46.8 Å². The van der Waals surface area contributed by atoms with Crippen molar-refractivity contribution < 1.29 is 9.72 Å². The Hall–Kier alpha value is -0.700. The van der Waals surface area contributed by atoms with Crippen LogP contribution >= 0.6 is 33.9 Å². The first-order valence-corrected chi connectivity index (χ1v) is 8.07. The maximum Gasteiger partial charge on any atom is 0.324 e. The average molecular weight is 382 g/mol. The number of halogens is 1. The number of carbonyl (C=O) groups excluding carboxylic acids is 1. The molecule has 100 valence electrons. The van der Waals surface area contributed by atoms with Crippen LogP contribution in [0.1, 0.15) is 35.4 Å². The predicted octanol–water partition coefficient (Wildman–Crippen LogP) is 3.38. The summed E-state index contributed by atoms with van der Waals surface area (Å²) in [5.74, 6) is -0.220. The molecule has 5 nitrogen and oxygen atoms in total. The Morgan fingerprint density at radius 1 is 1.33 bits per heavy atom. The van der Waals surface area contributed by atoms with Gasteiger partial charge in [0.25, 0.3) is 5.91 Å². The molecule has 1 aromatic heterocycles. The normalized spacial score (nSPS) is 10.3. The second-order valence-corrected chi connectivity index (χ2v) is 5.90. The highest BCUT2D eigenvalue weighted by Gasteiger charge is 2.14. The van der Waals surface area contributed by atoms with Gasteiger partial charge in [-0.05, 0) is 23.3 Å². The van der Waals surface area contributed by atoms with Crippen LogP contribution < -0.4 is 5.32 Å². The number of unbranched alkanes of at least 4 members (excludes halogenated alkanes) is 3. The predicted molar refractivity (Wildman–Crippen MR) is 80.7 cm³/mol. The van der Waals surface area contributed by atoms with E-state index < -0.39 is 4.92 Å². The summed E-state index contributed by atoms with van der Waals surface area (Å²) in [6.45, 7) is 0.631. The van der Waals surface area contributed by atoms with Crippen LogP contribution in [0.3, 0.4) is 0 Å². The van der Waals surface area contributed by atoms with E-state index >= 15 is 0 Å². The van der Waals surface area contributed by atoms with Gasteiger partial charge in [0.05, 0.1) is 9.80 Å².